The number of hydrogen-bond acceptors (Lipinski definition) is 5. The second-order valence-electron chi connectivity index (χ2n) is 3.77. The van der Waals surface area contributed by atoms with Gasteiger partial charge in [-0.05, 0) is 24.3 Å². The lowest BCUT2D eigenvalue weighted by molar-refractivity contribution is 0.580. The van der Waals surface area contributed by atoms with Crippen molar-refractivity contribution in [1.29, 1.82) is 0 Å². The summed E-state index contributed by atoms with van der Waals surface area (Å²) in [6.45, 7) is 0.150. The Hall–Kier alpha value is -1.99. The molecule has 0 unspecified atom stereocenters. The number of sulfonamides is 1. The Bertz CT molecular complexity index is 627. The third-order valence-electron chi connectivity index (χ3n) is 2.47. The number of aromatic nitrogens is 2. The number of hydrogen-bond donors (Lipinski definition) is 2. The molecule has 2 N–H and O–H groups in total. The largest absolute Gasteiger partial charge is 0.373 e. The maximum atomic E-state index is 12.0. The lowest BCUT2D eigenvalue weighted by Crippen LogP contribution is -2.23. The van der Waals surface area contributed by atoms with E-state index in [9.17, 15) is 8.42 Å². The Morgan fingerprint density at radius 2 is 2.00 bits per heavy atom. The number of rotatable bonds is 5. The van der Waals surface area contributed by atoms with E-state index in [2.05, 4.69) is 20.0 Å². The molecule has 0 aliphatic heterocycles. The lowest BCUT2D eigenvalue weighted by Gasteiger charge is -2.06. The molecule has 0 amide bonds. The number of nitrogens with one attached hydrogen (secondary N) is 2. The maximum Gasteiger partial charge on any atom is 0.242 e. The first-order valence-corrected chi connectivity index (χ1v) is 7.13. The van der Waals surface area contributed by atoms with Crippen molar-refractivity contribution in [2.24, 2.45) is 0 Å². The van der Waals surface area contributed by atoms with Gasteiger partial charge in [0.2, 0.25) is 10.0 Å². The zero-order valence-corrected chi connectivity index (χ0v) is 11.2. The standard InChI is InChI=1S/C12H14N4O2S/c1-13-12-6-5-11(9-15-12)19(17,18)16-8-10-4-2-3-7-14-10/h2-7,9,16H,8H2,1H3,(H,13,15). The first-order chi connectivity index (χ1) is 9.12. The average molecular weight is 278 g/mol. The van der Waals surface area contributed by atoms with Crippen LogP contribution in [0, 0.1) is 0 Å². The smallest absolute Gasteiger partial charge is 0.242 e. The molecular formula is C12H14N4O2S. The van der Waals surface area contributed by atoms with Crippen LogP contribution in [-0.2, 0) is 16.6 Å². The van der Waals surface area contributed by atoms with Crippen LogP contribution >= 0.6 is 0 Å². The third kappa shape index (κ3) is 3.49. The van der Waals surface area contributed by atoms with Crippen LogP contribution in [0.15, 0.2) is 47.6 Å². The van der Waals surface area contributed by atoms with Gasteiger partial charge in [-0.3, -0.25) is 4.98 Å². The zero-order valence-electron chi connectivity index (χ0n) is 10.4. The molecule has 0 fully saturated rings. The van der Waals surface area contributed by atoms with E-state index in [0.717, 1.165) is 0 Å². The van der Waals surface area contributed by atoms with E-state index in [-0.39, 0.29) is 11.4 Å². The SMILES string of the molecule is CNc1ccc(S(=O)(=O)NCc2ccccn2)cn1. The first kappa shape index (κ1) is 13.4. The minimum atomic E-state index is -3.56. The highest BCUT2D eigenvalue weighted by Gasteiger charge is 2.14. The van der Waals surface area contributed by atoms with Gasteiger partial charge in [-0.1, -0.05) is 6.07 Å². The second-order valence-corrected chi connectivity index (χ2v) is 5.54. The highest BCUT2D eigenvalue weighted by molar-refractivity contribution is 7.89. The van der Waals surface area contributed by atoms with Crippen LogP contribution in [0.3, 0.4) is 0 Å². The predicted octanol–water partition coefficient (Wildman–Crippen LogP) is 0.997. The normalized spacial score (nSPS) is 11.2. The summed E-state index contributed by atoms with van der Waals surface area (Å²) in [5.74, 6) is 0.615. The monoisotopic (exact) mass is 278 g/mol. The Balaban J connectivity index is 2.09. The fraction of sp³-hybridized carbons (Fsp3) is 0.167. The number of nitrogens with zero attached hydrogens (tertiary/aromatic N) is 2. The molecule has 0 aromatic carbocycles. The highest BCUT2D eigenvalue weighted by atomic mass is 32.2. The molecule has 0 saturated heterocycles. The Kier molecular flexibility index (Phi) is 4.08. The molecule has 0 spiro atoms. The van der Waals surface area contributed by atoms with E-state index in [4.69, 9.17) is 0 Å². The van der Waals surface area contributed by atoms with Crippen LogP contribution in [0.1, 0.15) is 5.69 Å². The van der Waals surface area contributed by atoms with Crippen molar-refractivity contribution >= 4 is 15.8 Å². The third-order valence-corrected chi connectivity index (χ3v) is 3.86. The molecule has 100 valence electrons. The molecule has 2 rings (SSSR count). The van der Waals surface area contributed by atoms with E-state index >= 15 is 0 Å². The van der Waals surface area contributed by atoms with Crippen molar-refractivity contribution in [1.82, 2.24) is 14.7 Å². The van der Waals surface area contributed by atoms with Crippen molar-refractivity contribution < 1.29 is 8.42 Å². The molecule has 0 aliphatic carbocycles. The molecule has 2 aromatic heterocycles. The van der Waals surface area contributed by atoms with Gasteiger partial charge < -0.3 is 5.32 Å². The van der Waals surface area contributed by atoms with Crippen LogP contribution in [-0.4, -0.2) is 25.4 Å². The Morgan fingerprint density at radius 3 is 2.58 bits per heavy atom. The molecule has 7 heteroatoms. The molecular weight excluding hydrogens is 264 g/mol. The van der Waals surface area contributed by atoms with E-state index in [0.29, 0.717) is 11.5 Å². The lowest BCUT2D eigenvalue weighted by atomic mass is 10.4. The van der Waals surface area contributed by atoms with Gasteiger partial charge in [0.25, 0.3) is 0 Å². The predicted molar refractivity (Wildman–Crippen MR) is 72.0 cm³/mol. The summed E-state index contributed by atoms with van der Waals surface area (Å²) in [5.41, 5.74) is 0.658. The summed E-state index contributed by atoms with van der Waals surface area (Å²) < 4.78 is 26.5. The van der Waals surface area contributed by atoms with Crippen LogP contribution in [0.5, 0.6) is 0 Å². The zero-order chi connectivity index (χ0) is 13.7. The van der Waals surface area contributed by atoms with Gasteiger partial charge in [0.15, 0.2) is 0 Å². The van der Waals surface area contributed by atoms with Crippen molar-refractivity contribution in [2.75, 3.05) is 12.4 Å². The summed E-state index contributed by atoms with van der Waals surface area (Å²) >= 11 is 0. The molecule has 0 aliphatic rings. The molecule has 0 radical (unpaired) electrons. The molecule has 6 nitrogen and oxygen atoms in total. The highest BCUT2D eigenvalue weighted by Crippen LogP contribution is 2.10. The van der Waals surface area contributed by atoms with Gasteiger partial charge in [-0.25, -0.2) is 18.1 Å². The van der Waals surface area contributed by atoms with Gasteiger partial charge in [0, 0.05) is 19.4 Å². The molecule has 19 heavy (non-hydrogen) atoms. The summed E-state index contributed by atoms with van der Waals surface area (Å²) in [5, 5.41) is 2.83. The minimum absolute atomic E-state index is 0.127. The second kappa shape index (κ2) is 5.77. The van der Waals surface area contributed by atoms with Crippen molar-refractivity contribution in [3.05, 3.63) is 48.4 Å². The molecule has 0 atom stereocenters. The van der Waals surface area contributed by atoms with Gasteiger partial charge in [-0.15, -0.1) is 0 Å². The van der Waals surface area contributed by atoms with Crippen molar-refractivity contribution in [3.63, 3.8) is 0 Å². The first-order valence-electron chi connectivity index (χ1n) is 5.65. The van der Waals surface area contributed by atoms with Crippen LogP contribution in [0.4, 0.5) is 5.82 Å². The summed E-state index contributed by atoms with van der Waals surface area (Å²) in [4.78, 5) is 8.15. The minimum Gasteiger partial charge on any atom is -0.373 e. The number of pyridine rings is 2. The Morgan fingerprint density at radius 1 is 1.16 bits per heavy atom. The van der Waals surface area contributed by atoms with E-state index in [1.54, 1.807) is 37.5 Å². The fourth-order valence-corrected chi connectivity index (χ4v) is 2.39. The van der Waals surface area contributed by atoms with Gasteiger partial charge >= 0.3 is 0 Å². The van der Waals surface area contributed by atoms with Crippen LogP contribution < -0.4 is 10.0 Å². The van der Waals surface area contributed by atoms with Crippen molar-refractivity contribution in [2.45, 2.75) is 11.4 Å². The van der Waals surface area contributed by atoms with Gasteiger partial charge in [0.1, 0.15) is 10.7 Å². The molecule has 2 heterocycles. The summed E-state index contributed by atoms with van der Waals surface area (Å²) in [6, 6.07) is 8.44. The molecule has 0 saturated carbocycles. The van der Waals surface area contributed by atoms with E-state index < -0.39 is 10.0 Å². The van der Waals surface area contributed by atoms with Gasteiger partial charge in [0.05, 0.1) is 12.2 Å². The average Bonchev–Trinajstić information content (AvgIpc) is 2.46. The quantitative estimate of drug-likeness (QED) is 0.852. The molecule has 2 aromatic rings. The fourth-order valence-electron chi connectivity index (χ4n) is 1.44. The molecule has 0 bridgehead atoms. The van der Waals surface area contributed by atoms with Crippen LogP contribution in [0.25, 0.3) is 0 Å². The summed E-state index contributed by atoms with van der Waals surface area (Å²) in [7, 11) is -1.85. The van der Waals surface area contributed by atoms with E-state index in [1.165, 1.54) is 12.3 Å². The van der Waals surface area contributed by atoms with Gasteiger partial charge in [-0.2, -0.15) is 0 Å². The topological polar surface area (TPSA) is 84.0 Å². The summed E-state index contributed by atoms with van der Waals surface area (Å²) in [6.07, 6.45) is 2.93. The number of anilines is 1. The maximum absolute atomic E-state index is 12.0. The van der Waals surface area contributed by atoms with E-state index in [1.807, 2.05) is 0 Å². The Labute approximate surface area is 112 Å². The van der Waals surface area contributed by atoms with Crippen molar-refractivity contribution in [3.8, 4) is 0 Å². The van der Waals surface area contributed by atoms with Crippen LogP contribution in [0.2, 0.25) is 0 Å².